The number of aliphatic carboxylic acids is 2. The van der Waals surface area contributed by atoms with E-state index in [1.807, 2.05) is 0 Å². The van der Waals surface area contributed by atoms with E-state index in [0.717, 1.165) is 83.5 Å². The van der Waals surface area contributed by atoms with E-state index in [0.29, 0.717) is 72.2 Å². The second-order valence-corrected chi connectivity index (χ2v) is 23.3. The van der Waals surface area contributed by atoms with E-state index in [-0.39, 0.29) is 76.7 Å². The highest BCUT2D eigenvalue weighted by molar-refractivity contribution is 5.66. The molecule has 0 aromatic carbocycles. The zero-order valence-electron chi connectivity index (χ0n) is 36.4. The lowest BCUT2D eigenvalue weighted by Crippen LogP contribution is -2.61. The van der Waals surface area contributed by atoms with Crippen LogP contribution in [-0.4, -0.2) is 68.5 Å². The van der Waals surface area contributed by atoms with E-state index in [1.165, 1.54) is 19.3 Å². The molecule has 0 spiro atoms. The van der Waals surface area contributed by atoms with Gasteiger partial charge < -0.3 is 30.3 Å². The maximum atomic E-state index is 12.2. The molecule has 0 aliphatic heterocycles. The van der Waals surface area contributed by atoms with Crippen molar-refractivity contribution in [3.63, 3.8) is 0 Å². The Morgan fingerprint density at radius 1 is 0.614 bits per heavy atom. The Hall–Kier alpha value is -1.22. The molecule has 0 amide bonds. The van der Waals surface area contributed by atoms with Gasteiger partial charge in [0.1, 0.15) is 0 Å². The Kier molecular flexibility index (Phi) is 11.6. The molecule has 5 N–H and O–H groups in total. The molecule has 8 fully saturated rings. The van der Waals surface area contributed by atoms with Gasteiger partial charge in [0.2, 0.25) is 0 Å². The summed E-state index contributed by atoms with van der Waals surface area (Å²) in [4.78, 5) is 23.8. The predicted octanol–water partition coefficient (Wildman–Crippen LogP) is 9.22. The number of ether oxygens (including phenoxy) is 1. The largest absolute Gasteiger partial charge is 0.481 e. The second kappa shape index (κ2) is 15.6. The van der Waals surface area contributed by atoms with Crippen molar-refractivity contribution in [2.75, 3.05) is 6.61 Å². The number of hydrogen-bond donors (Lipinski definition) is 5. The number of carboxylic acids is 2. The molecule has 0 aromatic rings. The summed E-state index contributed by atoms with van der Waals surface area (Å²) in [7, 11) is 0. The first-order valence-electron chi connectivity index (χ1n) is 24.0. The van der Waals surface area contributed by atoms with E-state index in [9.17, 15) is 35.1 Å². The van der Waals surface area contributed by atoms with Crippen molar-refractivity contribution in [3.8, 4) is 0 Å². The first-order valence-corrected chi connectivity index (χ1v) is 24.0. The normalized spacial score (nSPS) is 52.6. The van der Waals surface area contributed by atoms with Crippen molar-refractivity contribution in [2.24, 2.45) is 98.6 Å². The van der Waals surface area contributed by atoms with Crippen LogP contribution in [0.3, 0.4) is 0 Å². The number of hydrogen-bond acceptors (Lipinski definition) is 6. The first-order chi connectivity index (χ1) is 26.9. The van der Waals surface area contributed by atoms with Crippen LogP contribution in [-0.2, 0) is 14.3 Å². The molecule has 8 aliphatic carbocycles. The second-order valence-electron chi connectivity index (χ2n) is 23.3. The van der Waals surface area contributed by atoms with Crippen LogP contribution in [0.15, 0.2) is 0 Å². The molecule has 0 heterocycles. The van der Waals surface area contributed by atoms with Crippen LogP contribution in [0.2, 0.25) is 0 Å². The molecule has 8 rings (SSSR count). The van der Waals surface area contributed by atoms with Crippen molar-refractivity contribution >= 4 is 11.9 Å². The van der Waals surface area contributed by atoms with Gasteiger partial charge >= 0.3 is 11.9 Å². The molecular formula is C49H80O8. The van der Waals surface area contributed by atoms with Crippen LogP contribution >= 0.6 is 0 Å². The Morgan fingerprint density at radius 3 is 1.81 bits per heavy atom. The number of fused-ring (bicyclic) bond motifs is 10. The maximum Gasteiger partial charge on any atom is 0.303 e. The minimum atomic E-state index is -0.736. The van der Waals surface area contributed by atoms with Crippen molar-refractivity contribution < 1.29 is 39.9 Å². The van der Waals surface area contributed by atoms with Gasteiger partial charge in [-0.05, 0) is 208 Å². The van der Waals surface area contributed by atoms with E-state index in [2.05, 4.69) is 41.5 Å². The maximum absolute atomic E-state index is 12.2. The molecule has 0 aromatic heterocycles. The van der Waals surface area contributed by atoms with Gasteiger partial charge in [0.15, 0.2) is 0 Å². The van der Waals surface area contributed by atoms with Gasteiger partial charge in [-0.2, -0.15) is 0 Å². The van der Waals surface area contributed by atoms with Crippen LogP contribution in [0.25, 0.3) is 0 Å². The van der Waals surface area contributed by atoms with Gasteiger partial charge in [-0.1, -0.05) is 41.5 Å². The molecule has 21 atom stereocenters. The van der Waals surface area contributed by atoms with Crippen molar-refractivity contribution in [3.05, 3.63) is 0 Å². The fraction of sp³-hybridized carbons (Fsp3) is 0.959. The van der Waals surface area contributed by atoms with Crippen LogP contribution in [0.1, 0.15) is 164 Å². The van der Waals surface area contributed by atoms with Crippen molar-refractivity contribution in [1.29, 1.82) is 0 Å². The smallest absolute Gasteiger partial charge is 0.303 e. The van der Waals surface area contributed by atoms with Crippen LogP contribution < -0.4 is 0 Å². The summed E-state index contributed by atoms with van der Waals surface area (Å²) in [5.74, 6) is 3.54. The molecule has 8 heteroatoms. The summed E-state index contributed by atoms with van der Waals surface area (Å²) in [5, 5.41) is 53.4. The Balaban J connectivity index is 1.05. The highest BCUT2D eigenvalue weighted by Crippen LogP contribution is 2.71. The quantitative estimate of drug-likeness (QED) is 0.139. The monoisotopic (exact) mass is 797 g/mol. The summed E-state index contributed by atoms with van der Waals surface area (Å²) in [6, 6.07) is 0. The van der Waals surface area contributed by atoms with E-state index < -0.39 is 11.9 Å². The average molecular weight is 797 g/mol. The zero-order chi connectivity index (χ0) is 40.8. The summed E-state index contributed by atoms with van der Waals surface area (Å²) in [6.07, 6.45) is 16.6. The van der Waals surface area contributed by atoms with Crippen LogP contribution in [0, 0.1) is 98.6 Å². The van der Waals surface area contributed by atoms with Gasteiger partial charge in [-0.25, -0.2) is 0 Å². The summed E-state index contributed by atoms with van der Waals surface area (Å²) >= 11 is 0. The lowest BCUT2D eigenvalue weighted by Gasteiger charge is -2.64. The molecule has 8 aliphatic rings. The molecule has 0 radical (unpaired) electrons. The minimum absolute atomic E-state index is 0.0289. The number of carboxylic acid groups (broad SMARTS) is 2. The van der Waals surface area contributed by atoms with Crippen LogP contribution in [0.4, 0.5) is 0 Å². The Bertz CT molecular complexity index is 1480. The SMILES string of the molecule is CC(CCC(=O)O)C1CCC2C3C(OCC(CCC(=O)O)C4CCC5C6C(O)C(C)C7CC(O)CCC7(C)C6CCC45C)CC4CC(O)CCC4(C)C3CCC12C. The third-order valence-corrected chi connectivity index (χ3v) is 21.2. The molecular weight excluding hydrogens is 717 g/mol. The topological polar surface area (TPSA) is 145 Å². The lowest BCUT2D eigenvalue weighted by atomic mass is 9.42. The highest BCUT2D eigenvalue weighted by Gasteiger charge is 2.66. The third-order valence-electron chi connectivity index (χ3n) is 21.2. The summed E-state index contributed by atoms with van der Waals surface area (Å²) in [5.41, 5.74) is 0.528. The van der Waals surface area contributed by atoms with Gasteiger partial charge in [-0.3, -0.25) is 9.59 Å². The molecule has 8 saturated carbocycles. The molecule has 324 valence electrons. The lowest BCUT2D eigenvalue weighted by molar-refractivity contribution is -0.204. The highest BCUT2D eigenvalue weighted by atomic mass is 16.5. The molecule has 57 heavy (non-hydrogen) atoms. The number of aliphatic hydroxyl groups excluding tert-OH is 3. The van der Waals surface area contributed by atoms with E-state index in [4.69, 9.17) is 4.74 Å². The third kappa shape index (κ3) is 6.99. The minimum Gasteiger partial charge on any atom is -0.481 e. The Labute approximate surface area is 344 Å². The molecule has 21 unspecified atom stereocenters. The molecule has 0 saturated heterocycles. The number of rotatable bonds is 11. The fourth-order valence-electron chi connectivity index (χ4n) is 18.3. The van der Waals surface area contributed by atoms with Gasteiger partial charge in [0.25, 0.3) is 0 Å². The summed E-state index contributed by atoms with van der Waals surface area (Å²) in [6.45, 7) is 15.2. The number of aliphatic hydroxyl groups is 3. The number of carbonyl (C=O) groups is 2. The standard InChI is InChI=1S/C49H80O8/c1-27(7-13-41(52)53)33-9-11-35-43-37(17-21-47(33,35)4)46(3)19-15-31(50)23-30(46)24-40(43)57-26-29(8-14-42(54)55)34-10-12-36-44-38(18-22-48(34,36)5)49(6)20-16-32(51)25-39(49)28(2)45(44)56/h27-40,43-45,50-51,56H,7-26H2,1-6H3,(H,52,53)(H,54,55). The van der Waals surface area contributed by atoms with E-state index >= 15 is 0 Å². The van der Waals surface area contributed by atoms with Crippen LogP contribution in [0.5, 0.6) is 0 Å². The average Bonchev–Trinajstić information content (AvgIpc) is 3.70. The molecule has 8 nitrogen and oxygen atoms in total. The summed E-state index contributed by atoms with van der Waals surface area (Å²) < 4.78 is 7.46. The Morgan fingerprint density at radius 2 is 1.14 bits per heavy atom. The van der Waals surface area contributed by atoms with E-state index in [1.54, 1.807) is 0 Å². The van der Waals surface area contributed by atoms with Crippen molar-refractivity contribution in [2.45, 2.75) is 188 Å². The van der Waals surface area contributed by atoms with Gasteiger partial charge in [0.05, 0.1) is 31.0 Å². The van der Waals surface area contributed by atoms with Gasteiger partial charge in [0, 0.05) is 12.8 Å². The van der Waals surface area contributed by atoms with Gasteiger partial charge in [-0.15, -0.1) is 0 Å². The zero-order valence-corrected chi connectivity index (χ0v) is 36.4. The predicted molar refractivity (Wildman–Crippen MR) is 220 cm³/mol. The molecule has 0 bridgehead atoms. The first kappa shape index (κ1) is 42.5. The fourth-order valence-corrected chi connectivity index (χ4v) is 18.3. The van der Waals surface area contributed by atoms with Crippen molar-refractivity contribution in [1.82, 2.24) is 0 Å².